The molecular formula is C15H16N2O2S. The number of nitriles is 1. The maximum atomic E-state index is 11.7. The standard InChI is InChI=1S/C15H16N2O2S/c16-9-13-3-1-2-12(8-13)4-5-14(18)17-10-15(19)6-7-20-11-15/h1-5,8,19H,6-7,10-11H2,(H,17,18). The number of thioether (sulfide) groups is 1. The molecule has 104 valence electrons. The minimum absolute atomic E-state index is 0.238. The largest absolute Gasteiger partial charge is 0.387 e. The lowest BCUT2D eigenvalue weighted by molar-refractivity contribution is -0.117. The fourth-order valence-electron chi connectivity index (χ4n) is 1.93. The Bertz CT molecular complexity index is 557. The molecule has 0 aliphatic carbocycles. The molecule has 0 bridgehead atoms. The van der Waals surface area contributed by atoms with Crippen LogP contribution in [-0.2, 0) is 4.79 Å². The minimum Gasteiger partial charge on any atom is -0.387 e. The van der Waals surface area contributed by atoms with E-state index in [9.17, 15) is 9.90 Å². The summed E-state index contributed by atoms with van der Waals surface area (Å²) < 4.78 is 0. The summed E-state index contributed by atoms with van der Waals surface area (Å²) in [5, 5.41) is 21.6. The minimum atomic E-state index is -0.769. The molecule has 1 saturated heterocycles. The highest BCUT2D eigenvalue weighted by atomic mass is 32.2. The summed E-state index contributed by atoms with van der Waals surface area (Å²) in [4.78, 5) is 11.7. The number of hydrogen-bond donors (Lipinski definition) is 2. The Morgan fingerprint density at radius 2 is 2.45 bits per heavy atom. The van der Waals surface area contributed by atoms with Crippen LogP contribution in [-0.4, -0.2) is 34.7 Å². The summed E-state index contributed by atoms with van der Waals surface area (Å²) in [7, 11) is 0. The van der Waals surface area contributed by atoms with Crippen molar-refractivity contribution in [1.82, 2.24) is 5.32 Å². The predicted molar refractivity (Wildman–Crippen MR) is 80.1 cm³/mol. The van der Waals surface area contributed by atoms with Crippen LogP contribution in [0.5, 0.6) is 0 Å². The first-order valence-electron chi connectivity index (χ1n) is 6.37. The van der Waals surface area contributed by atoms with E-state index >= 15 is 0 Å². The number of rotatable bonds is 4. The second kappa shape index (κ2) is 6.60. The average molecular weight is 288 g/mol. The lowest BCUT2D eigenvalue weighted by Gasteiger charge is -2.20. The van der Waals surface area contributed by atoms with E-state index in [2.05, 4.69) is 11.4 Å². The van der Waals surface area contributed by atoms with Gasteiger partial charge in [0.2, 0.25) is 5.91 Å². The first-order valence-corrected chi connectivity index (χ1v) is 7.53. The molecule has 1 aliphatic rings. The van der Waals surface area contributed by atoms with Crippen LogP contribution >= 0.6 is 11.8 Å². The highest BCUT2D eigenvalue weighted by molar-refractivity contribution is 7.99. The fraction of sp³-hybridized carbons (Fsp3) is 0.333. The Morgan fingerprint density at radius 1 is 1.60 bits per heavy atom. The molecule has 1 aliphatic heterocycles. The molecule has 1 heterocycles. The zero-order valence-electron chi connectivity index (χ0n) is 11.0. The Hall–Kier alpha value is -1.77. The summed E-state index contributed by atoms with van der Waals surface area (Å²) >= 11 is 1.70. The van der Waals surface area contributed by atoms with Gasteiger partial charge in [-0.15, -0.1) is 0 Å². The van der Waals surface area contributed by atoms with E-state index in [1.54, 1.807) is 36.0 Å². The number of hydrogen-bond acceptors (Lipinski definition) is 4. The van der Waals surface area contributed by atoms with Crippen molar-refractivity contribution in [3.8, 4) is 6.07 Å². The molecule has 2 rings (SSSR count). The molecule has 0 spiro atoms. The van der Waals surface area contributed by atoms with Crippen molar-refractivity contribution in [2.45, 2.75) is 12.0 Å². The van der Waals surface area contributed by atoms with E-state index in [0.29, 0.717) is 17.7 Å². The third-order valence-corrected chi connectivity index (χ3v) is 4.35. The molecule has 1 fully saturated rings. The molecule has 4 nitrogen and oxygen atoms in total. The first kappa shape index (κ1) is 14.6. The van der Waals surface area contributed by atoms with Crippen LogP contribution in [0.2, 0.25) is 0 Å². The van der Waals surface area contributed by atoms with Crippen LogP contribution in [0.1, 0.15) is 17.5 Å². The van der Waals surface area contributed by atoms with Crippen molar-refractivity contribution >= 4 is 23.7 Å². The van der Waals surface area contributed by atoms with Crippen LogP contribution in [0.4, 0.5) is 0 Å². The van der Waals surface area contributed by atoms with E-state index in [-0.39, 0.29) is 12.5 Å². The Labute approximate surface area is 122 Å². The molecule has 2 N–H and O–H groups in total. The van der Waals surface area contributed by atoms with Gasteiger partial charge in [-0.1, -0.05) is 12.1 Å². The molecule has 0 aromatic heterocycles. The van der Waals surface area contributed by atoms with Gasteiger partial charge in [-0.2, -0.15) is 17.0 Å². The van der Waals surface area contributed by atoms with E-state index in [1.807, 2.05) is 6.07 Å². The fourth-order valence-corrected chi connectivity index (χ4v) is 3.23. The molecule has 20 heavy (non-hydrogen) atoms. The van der Waals surface area contributed by atoms with Crippen molar-refractivity contribution in [3.05, 3.63) is 41.5 Å². The number of nitrogens with zero attached hydrogens (tertiary/aromatic N) is 1. The average Bonchev–Trinajstić information content (AvgIpc) is 2.90. The predicted octanol–water partition coefficient (Wildman–Crippen LogP) is 1.56. The number of carbonyl (C=O) groups is 1. The Kier molecular flexibility index (Phi) is 4.83. The smallest absolute Gasteiger partial charge is 0.244 e. The summed E-state index contributed by atoms with van der Waals surface area (Å²) in [6.45, 7) is 0.279. The van der Waals surface area contributed by atoms with Crippen molar-refractivity contribution in [2.75, 3.05) is 18.1 Å². The van der Waals surface area contributed by atoms with Crippen molar-refractivity contribution in [3.63, 3.8) is 0 Å². The maximum absolute atomic E-state index is 11.7. The molecule has 1 aromatic rings. The van der Waals surface area contributed by atoms with E-state index in [4.69, 9.17) is 5.26 Å². The molecule has 0 radical (unpaired) electrons. The van der Waals surface area contributed by atoms with Gasteiger partial charge in [0.1, 0.15) is 0 Å². The van der Waals surface area contributed by atoms with Crippen molar-refractivity contribution in [1.29, 1.82) is 5.26 Å². The van der Waals surface area contributed by atoms with E-state index in [0.717, 1.165) is 11.3 Å². The molecule has 1 amide bonds. The number of nitrogens with one attached hydrogen (secondary N) is 1. The van der Waals surface area contributed by atoms with E-state index in [1.165, 1.54) is 6.08 Å². The van der Waals surface area contributed by atoms with Gasteiger partial charge >= 0.3 is 0 Å². The Balaban J connectivity index is 1.87. The lowest BCUT2D eigenvalue weighted by atomic mass is 10.0. The van der Waals surface area contributed by atoms with Gasteiger partial charge in [0.05, 0.1) is 17.2 Å². The molecule has 1 atom stereocenters. The third-order valence-electron chi connectivity index (χ3n) is 3.12. The van der Waals surface area contributed by atoms with Crippen LogP contribution < -0.4 is 5.32 Å². The molecular weight excluding hydrogens is 272 g/mol. The van der Waals surface area contributed by atoms with Crippen molar-refractivity contribution < 1.29 is 9.90 Å². The molecule has 5 heteroatoms. The zero-order valence-corrected chi connectivity index (χ0v) is 11.8. The third kappa shape index (κ3) is 4.12. The van der Waals surface area contributed by atoms with Crippen LogP contribution in [0.3, 0.4) is 0 Å². The molecule has 1 unspecified atom stereocenters. The lowest BCUT2D eigenvalue weighted by Crippen LogP contribution is -2.42. The second-order valence-electron chi connectivity index (χ2n) is 4.82. The van der Waals surface area contributed by atoms with Crippen LogP contribution in [0.25, 0.3) is 6.08 Å². The second-order valence-corrected chi connectivity index (χ2v) is 5.92. The number of aliphatic hydroxyl groups is 1. The van der Waals surface area contributed by atoms with Gasteiger partial charge in [-0.3, -0.25) is 4.79 Å². The van der Waals surface area contributed by atoms with Gasteiger partial charge < -0.3 is 10.4 Å². The van der Waals surface area contributed by atoms with Crippen molar-refractivity contribution in [2.24, 2.45) is 0 Å². The zero-order chi connectivity index (χ0) is 14.4. The van der Waals surface area contributed by atoms with Crippen LogP contribution in [0, 0.1) is 11.3 Å². The van der Waals surface area contributed by atoms with Gasteiger partial charge in [0.15, 0.2) is 0 Å². The summed E-state index contributed by atoms with van der Waals surface area (Å²) in [5.74, 6) is 1.36. The summed E-state index contributed by atoms with van der Waals surface area (Å²) in [5.41, 5.74) is 0.591. The highest BCUT2D eigenvalue weighted by Crippen LogP contribution is 2.26. The monoisotopic (exact) mass is 288 g/mol. The summed E-state index contributed by atoms with van der Waals surface area (Å²) in [6.07, 6.45) is 3.79. The quantitative estimate of drug-likeness (QED) is 0.825. The highest BCUT2D eigenvalue weighted by Gasteiger charge is 2.31. The maximum Gasteiger partial charge on any atom is 0.244 e. The van der Waals surface area contributed by atoms with Crippen LogP contribution in [0.15, 0.2) is 30.3 Å². The topological polar surface area (TPSA) is 73.1 Å². The number of carbonyl (C=O) groups excluding carboxylic acids is 1. The normalized spacial score (nSPS) is 21.8. The number of benzene rings is 1. The molecule has 1 aromatic carbocycles. The van der Waals surface area contributed by atoms with Gasteiger partial charge in [0.25, 0.3) is 0 Å². The van der Waals surface area contributed by atoms with E-state index < -0.39 is 5.60 Å². The number of amides is 1. The molecule has 0 saturated carbocycles. The van der Waals surface area contributed by atoms with Gasteiger partial charge in [-0.05, 0) is 35.9 Å². The first-order chi connectivity index (χ1) is 9.61. The van der Waals surface area contributed by atoms with Gasteiger partial charge in [0, 0.05) is 18.4 Å². The summed E-state index contributed by atoms with van der Waals surface area (Å²) in [6, 6.07) is 9.08. The van der Waals surface area contributed by atoms with Gasteiger partial charge in [-0.25, -0.2) is 0 Å². The SMILES string of the molecule is N#Cc1cccc(C=CC(=O)NCC2(O)CCSC2)c1. The Morgan fingerprint density at radius 3 is 3.15 bits per heavy atom.